The number of pyridine rings is 1. The third kappa shape index (κ3) is 5.83. The molecule has 0 spiro atoms. The van der Waals surface area contributed by atoms with E-state index in [4.69, 9.17) is 16.3 Å². The van der Waals surface area contributed by atoms with Gasteiger partial charge >= 0.3 is 5.97 Å². The van der Waals surface area contributed by atoms with Gasteiger partial charge in [-0.2, -0.15) is 10.2 Å². The average Bonchev–Trinajstić information content (AvgIpc) is 2.83. The first-order valence-corrected chi connectivity index (χ1v) is 12.9. The Morgan fingerprint density at radius 2 is 1.97 bits per heavy atom. The first-order valence-electron chi connectivity index (χ1n) is 10.9. The van der Waals surface area contributed by atoms with Crippen molar-refractivity contribution in [2.24, 2.45) is 5.92 Å². The quantitative estimate of drug-likeness (QED) is 0.535. The maximum Gasteiger partial charge on any atom is 0.341 e. The molecule has 0 bridgehead atoms. The molecule has 0 aliphatic carbocycles. The van der Waals surface area contributed by atoms with E-state index < -0.39 is 33.6 Å². The van der Waals surface area contributed by atoms with Crippen molar-refractivity contribution in [3.8, 4) is 11.9 Å². The highest BCUT2D eigenvalue weighted by molar-refractivity contribution is 7.89. The number of rotatable bonds is 8. The molecule has 2 N–H and O–H groups in total. The first-order chi connectivity index (χ1) is 16.6. The number of carboxylic acid groups (broad SMARTS) is 1. The van der Waals surface area contributed by atoms with Crippen LogP contribution in [0.3, 0.4) is 0 Å². The lowest BCUT2D eigenvalue weighted by molar-refractivity contribution is -0.123. The van der Waals surface area contributed by atoms with Crippen LogP contribution in [0.15, 0.2) is 24.3 Å². The Balaban J connectivity index is 1.74. The van der Waals surface area contributed by atoms with Crippen molar-refractivity contribution in [2.75, 3.05) is 25.1 Å². The normalized spacial score (nSPS) is 14.3. The summed E-state index contributed by atoms with van der Waals surface area (Å²) in [5.74, 6) is -2.60. The van der Waals surface area contributed by atoms with Crippen molar-refractivity contribution in [1.29, 1.82) is 5.26 Å². The Labute approximate surface area is 208 Å². The van der Waals surface area contributed by atoms with E-state index in [-0.39, 0.29) is 22.8 Å². The van der Waals surface area contributed by atoms with Gasteiger partial charge < -0.3 is 14.7 Å². The van der Waals surface area contributed by atoms with Crippen LogP contribution in [-0.4, -0.2) is 50.6 Å². The van der Waals surface area contributed by atoms with Crippen molar-refractivity contribution in [1.82, 2.24) is 9.71 Å². The second kappa shape index (κ2) is 10.9. The summed E-state index contributed by atoms with van der Waals surface area (Å²) < 4.78 is 32.3. The minimum atomic E-state index is -3.94. The number of hydrogen-bond acceptors (Lipinski definition) is 8. The summed E-state index contributed by atoms with van der Waals surface area (Å²) in [5, 5.41) is 19.6. The van der Waals surface area contributed by atoms with E-state index in [9.17, 15) is 28.4 Å². The van der Waals surface area contributed by atoms with Crippen LogP contribution in [0.2, 0.25) is 5.02 Å². The molecule has 12 heteroatoms. The number of aromatic nitrogens is 1. The van der Waals surface area contributed by atoms with Gasteiger partial charge in [0, 0.05) is 24.0 Å². The second-order valence-electron chi connectivity index (χ2n) is 8.02. The highest BCUT2D eigenvalue weighted by Crippen LogP contribution is 2.33. The zero-order valence-electron chi connectivity index (χ0n) is 19.2. The molecule has 10 nitrogen and oxygen atoms in total. The van der Waals surface area contributed by atoms with Crippen molar-refractivity contribution >= 4 is 39.3 Å². The molecule has 186 valence electrons. The van der Waals surface area contributed by atoms with Crippen LogP contribution in [0.25, 0.3) is 0 Å². The summed E-state index contributed by atoms with van der Waals surface area (Å²) >= 11 is 6.03. The fourth-order valence-electron chi connectivity index (χ4n) is 4.11. The Bertz CT molecular complexity index is 1280. The van der Waals surface area contributed by atoms with Gasteiger partial charge in [-0.05, 0) is 36.5 Å². The lowest BCUT2D eigenvalue weighted by Crippen LogP contribution is -2.43. The molecular formula is C23H25ClN4O6S. The van der Waals surface area contributed by atoms with Crippen molar-refractivity contribution in [3.63, 3.8) is 0 Å². The van der Waals surface area contributed by atoms with Gasteiger partial charge in [-0.15, -0.1) is 0 Å². The van der Waals surface area contributed by atoms with Gasteiger partial charge in [-0.25, -0.2) is 13.2 Å². The van der Waals surface area contributed by atoms with Crippen LogP contribution >= 0.6 is 11.6 Å². The Kier molecular flexibility index (Phi) is 8.19. The number of carbonyl (C=O) groups excluding carboxylic acids is 1. The van der Waals surface area contributed by atoms with E-state index in [1.165, 1.54) is 7.11 Å². The van der Waals surface area contributed by atoms with Gasteiger partial charge in [0.05, 0.1) is 18.4 Å². The summed E-state index contributed by atoms with van der Waals surface area (Å²) in [6.07, 6.45) is 0.938. The number of hydrogen-bond donors (Lipinski definition) is 2. The summed E-state index contributed by atoms with van der Waals surface area (Å²) in [7, 11) is -2.63. The summed E-state index contributed by atoms with van der Waals surface area (Å²) in [5.41, 5.74) is 0.724. The van der Waals surface area contributed by atoms with Gasteiger partial charge in [0.15, 0.2) is 5.82 Å². The molecule has 35 heavy (non-hydrogen) atoms. The molecule has 3 rings (SSSR count). The van der Waals surface area contributed by atoms with Gasteiger partial charge in [0.1, 0.15) is 11.6 Å². The minimum Gasteiger partial charge on any atom is -0.480 e. The predicted octanol–water partition coefficient (Wildman–Crippen LogP) is 2.74. The zero-order valence-corrected chi connectivity index (χ0v) is 20.8. The largest absolute Gasteiger partial charge is 0.480 e. The molecule has 1 fully saturated rings. The molecular weight excluding hydrogens is 496 g/mol. The van der Waals surface area contributed by atoms with Crippen molar-refractivity contribution in [3.05, 3.63) is 51.5 Å². The highest BCUT2D eigenvalue weighted by Gasteiger charge is 2.32. The number of benzene rings is 1. The van der Waals surface area contributed by atoms with E-state index in [0.717, 1.165) is 0 Å². The van der Waals surface area contributed by atoms with Crippen molar-refractivity contribution in [2.45, 2.75) is 31.9 Å². The molecule has 0 unspecified atom stereocenters. The average molecular weight is 521 g/mol. The lowest BCUT2D eigenvalue weighted by atomic mass is 9.95. The zero-order chi connectivity index (χ0) is 25.8. The van der Waals surface area contributed by atoms with E-state index in [1.54, 1.807) is 36.1 Å². The number of carboxylic acids is 1. The number of anilines is 1. The monoisotopic (exact) mass is 520 g/mol. The predicted molar refractivity (Wildman–Crippen MR) is 129 cm³/mol. The SMILES string of the molecule is CCc1c(C#N)c(N2CCC(C(=O)NS(=O)(=O)Cc3ccccc3Cl)CC2)nc(OC)c1C(=O)O. The molecule has 1 aliphatic heterocycles. The molecule has 0 saturated carbocycles. The fraction of sp³-hybridized carbons (Fsp3) is 0.391. The van der Waals surface area contributed by atoms with Crippen LogP contribution in [0.4, 0.5) is 5.82 Å². The van der Waals surface area contributed by atoms with Crippen LogP contribution < -0.4 is 14.4 Å². The summed E-state index contributed by atoms with van der Waals surface area (Å²) in [6, 6.07) is 8.57. The second-order valence-corrected chi connectivity index (χ2v) is 10.2. The van der Waals surface area contributed by atoms with Gasteiger partial charge in [0.2, 0.25) is 21.8 Å². The van der Waals surface area contributed by atoms with E-state index >= 15 is 0 Å². The van der Waals surface area contributed by atoms with Crippen LogP contribution in [0, 0.1) is 17.2 Å². The third-order valence-corrected chi connectivity index (χ3v) is 7.42. The first kappa shape index (κ1) is 26.2. The number of ether oxygens (including phenoxy) is 1. The number of methoxy groups -OCH3 is 1. The molecule has 0 atom stereocenters. The highest BCUT2D eigenvalue weighted by atomic mass is 35.5. The Hall–Kier alpha value is -3.36. The van der Waals surface area contributed by atoms with Gasteiger partial charge in [-0.1, -0.05) is 36.7 Å². The molecule has 1 aromatic carbocycles. The number of amides is 1. The number of sulfonamides is 1. The van der Waals surface area contributed by atoms with Crippen LogP contribution in [0.1, 0.15) is 46.8 Å². The molecule has 1 amide bonds. The molecule has 1 aromatic heterocycles. The fourth-order valence-corrected chi connectivity index (χ4v) is 5.60. The Morgan fingerprint density at radius 1 is 1.31 bits per heavy atom. The number of aromatic carboxylic acids is 1. The molecule has 1 saturated heterocycles. The molecule has 2 heterocycles. The van der Waals surface area contributed by atoms with Crippen LogP contribution in [-0.2, 0) is 27.0 Å². The maximum atomic E-state index is 12.7. The number of nitrogens with zero attached hydrogens (tertiary/aromatic N) is 3. The lowest BCUT2D eigenvalue weighted by Gasteiger charge is -2.33. The standard InChI is InChI=1S/C23H25ClN4O6S/c1-3-16-17(12-25)20(26-22(34-2)19(16)23(30)31)28-10-8-14(9-11-28)21(29)27-35(32,33)13-15-6-4-5-7-18(15)24/h4-7,14H,3,8-11,13H2,1-2H3,(H,27,29)(H,30,31). The topological polar surface area (TPSA) is 150 Å². The van der Waals surface area contributed by atoms with Gasteiger partial charge in [0.25, 0.3) is 0 Å². The molecule has 2 aromatic rings. The third-order valence-electron chi connectivity index (χ3n) is 5.85. The van der Waals surface area contributed by atoms with E-state index in [0.29, 0.717) is 48.5 Å². The Morgan fingerprint density at radius 3 is 2.51 bits per heavy atom. The minimum absolute atomic E-state index is 0.0890. The smallest absolute Gasteiger partial charge is 0.341 e. The van der Waals surface area contributed by atoms with E-state index in [1.807, 2.05) is 0 Å². The summed E-state index contributed by atoms with van der Waals surface area (Å²) in [6.45, 7) is 2.39. The van der Waals surface area contributed by atoms with Gasteiger partial charge in [-0.3, -0.25) is 9.52 Å². The maximum absolute atomic E-state index is 12.7. The number of halogens is 1. The molecule has 0 radical (unpaired) electrons. The van der Waals surface area contributed by atoms with Crippen LogP contribution in [0.5, 0.6) is 5.88 Å². The number of carbonyl (C=O) groups is 2. The number of nitrogens with one attached hydrogen (secondary N) is 1. The number of nitriles is 1. The molecule has 1 aliphatic rings. The van der Waals surface area contributed by atoms with Crippen molar-refractivity contribution < 1.29 is 27.9 Å². The summed E-state index contributed by atoms with van der Waals surface area (Å²) in [4.78, 5) is 30.5. The van der Waals surface area contributed by atoms with E-state index in [2.05, 4.69) is 15.8 Å². The number of piperidine rings is 1.